The van der Waals surface area contributed by atoms with Gasteiger partial charge in [0.15, 0.2) is 6.61 Å². The van der Waals surface area contributed by atoms with Crippen LogP contribution in [0.3, 0.4) is 0 Å². The van der Waals surface area contributed by atoms with E-state index in [4.69, 9.17) is 4.74 Å². The Morgan fingerprint density at radius 2 is 1.92 bits per heavy atom. The van der Waals surface area contributed by atoms with Crippen molar-refractivity contribution in [1.29, 1.82) is 0 Å². The van der Waals surface area contributed by atoms with Gasteiger partial charge in [0.25, 0.3) is 5.91 Å². The second-order valence-electron chi connectivity index (χ2n) is 6.16. The molecule has 1 heterocycles. The summed E-state index contributed by atoms with van der Waals surface area (Å²) in [5, 5.41) is 2.90. The fraction of sp³-hybridized carbons (Fsp3) is 0.300. The number of ether oxygens (including phenoxy) is 1. The first-order valence-corrected chi connectivity index (χ1v) is 8.43. The van der Waals surface area contributed by atoms with Gasteiger partial charge < -0.3 is 15.0 Å². The zero-order valence-corrected chi connectivity index (χ0v) is 14.3. The summed E-state index contributed by atoms with van der Waals surface area (Å²) < 4.78 is 5.53. The molecular formula is C20H22N2O3. The van der Waals surface area contributed by atoms with Crippen molar-refractivity contribution in [3.05, 3.63) is 65.2 Å². The molecule has 1 aliphatic rings. The lowest BCUT2D eigenvalue weighted by Gasteiger charge is -2.20. The Morgan fingerprint density at radius 3 is 2.76 bits per heavy atom. The van der Waals surface area contributed by atoms with Gasteiger partial charge in [-0.3, -0.25) is 9.59 Å². The van der Waals surface area contributed by atoms with E-state index in [0.717, 1.165) is 22.4 Å². The number of carbonyl (C=O) groups excluding carboxylic acids is 2. The highest BCUT2D eigenvalue weighted by Gasteiger charge is 2.20. The average Bonchev–Trinajstić information content (AvgIpc) is 2.77. The van der Waals surface area contributed by atoms with Gasteiger partial charge in [0.1, 0.15) is 5.75 Å². The highest BCUT2D eigenvalue weighted by Crippen LogP contribution is 2.22. The molecule has 130 valence electrons. The minimum atomic E-state index is -0.0654. The summed E-state index contributed by atoms with van der Waals surface area (Å²) in [6.45, 7) is 3.43. The summed E-state index contributed by atoms with van der Waals surface area (Å²) >= 11 is 0. The smallest absolute Gasteiger partial charge is 0.260 e. The molecule has 0 spiro atoms. The van der Waals surface area contributed by atoms with Crippen molar-refractivity contribution < 1.29 is 14.3 Å². The van der Waals surface area contributed by atoms with Crippen LogP contribution in [0.15, 0.2) is 48.5 Å². The van der Waals surface area contributed by atoms with E-state index < -0.39 is 0 Å². The molecule has 2 aromatic rings. The summed E-state index contributed by atoms with van der Waals surface area (Å²) in [6.07, 6.45) is 0.354. The lowest BCUT2D eigenvalue weighted by molar-refractivity contribution is -0.133. The standard InChI is InChI=1S/C20H22N2O3/c1-15-6-2-3-7-16(15)12-19(23)21-10-11-22-13-17-8-4-5-9-18(17)25-14-20(22)24/h2-9H,10-14H2,1H3,(H,21,23). The third-order valence-electron chi connectivity index (χ3n) is 4.35. The highest BCUT2D eigenvalue weighted by atomic mass is 16.5. The maximum atomic E-state index is 12.2. The molecule has 5 heteroatoms. The topological polar surface area (TPSA) is 58.6 Å². The molecule has 2 amide bonds. The Morgan fingerprint density at radius 1 is 1.16 bits per heavy atom. The molecule has 0 unspecified atom stereocenters. The van der Waals surface area contributed by atoms with Crippen molar-refractivity contribution in [2.24, 2.45) is 0 Å². The lowest BCUT2D eigenvalue weighted by Crippen LogP contribution is -2.39. The van der Waals surface area contributed by atoms with E-state index in [1.165, 1.54) is 0 Å². The van der Waals surface area contributed by atoms with Crippen molar-refractivity contribution in [3.63, 3.8) is 0 Å². The number of hydrogen-bond donors (Lipinski definition) is 1. The number of para-hydroxylation sites is 1. The van der Waals surface area contributed by atoms with Crippen LogP contribution in [0.5, 0.6) is 5.75 Å². The molecule has 2 aromatic carbocycles. The fourth-order valence-electron chi connectivity index (χ4n) is 2.88. The van der Waals surface area contributed by atoms with Gasteiger partial charge >= 0.3 is 0 Å². The first-order valence-electron chi connectivity index (χ1n) is 8.43. The van der Waals surface area contributed by atoms with Gasteiger partial charge in [0.05, 0.1) is 6.42 Å². The Labute approximate surface area is 147 Å². The number of rotatable bonds is 5. The molecule has 0 atom stereocenters. The van der Waals surface area contributed by atoms with E-state index in [1.807, 2.05) is 55.5 Å². The summed E-state index contributed by atoms with van der Waals surface area (Å²) in [5.41, 5.74) is 3.11. The van der Waals surface area contributed by atoms with Crippen molar-refractivity contribution >= 4 is 11.8 Å². The van der Waals surface area contributed by atoms with E-state index >= 15 is 0 Å². The van der Waals surface area contributed by atoms with Gasteiger partial charge in [-0.05, 0) is 24.1 Å². The van der Waals surface area contributed by atoms with Crippen molar-refractivity contribution in [2.45, 2.75) is 19.9 Å². The van der Waals surface area contributed by atoms with E-state index in [2.05, 4.69) is 5.32 Å². The van der Waals surface area contributed by atoms with Crippen molar-refractivity contribution in [2.75, 3.05) is 19.7 Å². The summed E-state index contributed by atoms with van der Waals surface area (Å²) in [6, 6.07) is 15.5. The number of aryl methyl sites for hydroxylation is 1. The molecule has 0 saturated carbocycles. The molecule has 5 nitrogen and oxygen atoms in total. The first-order chi connectivity index (χ1) is 12.1. The fourth-order valence-corrected chi connectivity index (χ4v) is 2.88. The molecule has 1 aliphatic heterocycles. The Kier molecular flexibility index (Phi) is 5.33. The number of nitrogens with one attached hydrogen (secondary N) is 1. The molecule has 0 aromatic heterocycles. The number of hydrogen-bond acceptors (Lipinski definition) is 3. The minimum Gasteiger partial charge on any atom is -0.483 e. The Hall–Kier alpha value is -2.82. The van der Waals surface area contributed by atoms with Crippen LogP contribution in [0.2, 0.25) is 0 Å². The van der Waals surface area contributed by atoms with Crippen LogP contribution in [-0.2, 0) is 22.6 Å². The maximum absolute atomic E-state index is 12.2. The number of amides is 2. The molecule has 0 aliphatic carbocycles. The number of nitrogens with zero attached hydrogens (tertiary/aromatic N) is 1. The normalized spacial score (nSPS) is 13.6. The second kappa shape index (κ2) is 7.83. The number of fused-ring (bicyclic) bond motifs is 1. The van der Waals surface area contributed by atoms with Crippen molar-refractivity contribution in [3.8, 4) is 5.75 Å². The third-order valence-corrected chi connectivity index (χ3v) is 4.35. The summed E-state index contributed by atoms with van der Waals surface area (Å²) in [4.78, 5) is 26.0. The second-order valence-corrected chi connectivity index (χ2v) is 6.16. The molecule has 0 radical (unpaired) electrons. The third kappa shape index (κ3) is 4.38. The van der Waals surface area contributed by atoms with Crippen LogP contribution in [0.25, 0.3) is 0 Å². The SMILES string of the molecule is Cc1ccccc1CC(=O)NCCN1Cc2ccccc2OCC1=O. The largest absolute Gasteiger partial charge is 0.483 e. The predicted octanol–water partition coefficient (Wildman–Crippen LogP) is 2.07. The number of carbonyl (C=O) groups is 2. The summed E-state index contributed by atoms with van der Waals surface area (Å²) in [5.74, 6) is 0.652. The van der Waals surface area contributed by atoms with Crippen LogP contribution in [0.4, 0.5) is 0 Å². The lowest BCUT2D eigenvalue weighted by atomic mass is 10.1. The highest BCUT2D eigenvalue weighted by molar-refractivity contribution is 5.80. The molecular weight excluding hydrogens is 316 g/mol. The first kappa shape index (κ1) is 17.0. The zero-order valence-electron chi connectivity index (χ0n) is 14.3. The Bertz CT molecular complexity index is 773. The molecule has 0 bridgehead atoms. The molecule has 0 saturated heterocycles. The van der Waals surface area contributed by atoms with Crippen LogP contribution in [0, 0.1) is 6.92 Å². The van der Waals surface area contributed by atoms with Gasteiger partial charge in [-0.15, -0.1) is 0 Å². The zero-order chi connectivity index (χ0) is 17.6. The van der Waals surface area contributed by atoms with Gasteiger partial charge in [0.2, 0.25) is 5.91 Å². The quantitative estimate of drug-likeness (QED) is 0.908. The molecule has 0 fully saturated rings. The maximum Gasteiger partial charge on any atom is 0.260 e. The molecule has 1 N–H and O–H groups in total. The van der Waals surface area contributed by atoms with Crippen LogP contribution < -0.4 is 10.1 Å². The van der Waals surface area contributed by atoms with Crippen LogP contribution in [-0.4, -0.2) is 36.4 Å². The van der Waals surface area contributed by atoms with E-state index in [1.54, 1.807) is 4.90 Å². The van der Waals surface area contributed by atoms with E-state index in [-0.39, 0.29) is 18.4 Å². The minimum absolute atomic E-state index is 0.0341. The van der Waals surface area contributed by atoms with Gasteiger partial charge in [-0.2, -0.15) is 0 Å². The van der Waals surface area contributed by atoms with Crippen LogP contribution >= 0.6 is 0 Å². The van der Waals surface area contributed by atoms with Gasteiger partial charge in [0, 0.05) is 25.2 Å². The van der Waals surface area contributed by atoms with E-state index in [0.29, 0.717) is 26.1 Å². The molecule has 25 heavy (non-hydrogen) atoms. The Balaban J connectivity index is 1.52. The van der Waals surface area contributed by atoms with Crippen LogP contribution in [0.1, 0.15) is 16.7 Å². The predicted molar refractivity (Wildman–Crippen MR) is 95.2 cm³/mol. The van der Waals surface area contributed by atoms with Gasteiger partial charge in [-0.1, -0.05) is 42.5 Å². The monoisotopic (exact) mass is 338 g/mol. The van der Waals surface area contributed by atoms with E-state index in [9.17, 15) is 9.59 Å². The summed E-state index contributed by atoms with van der Waals surface area (Å²) in [7, 11) is 0. The molecule has 3 rings (SSSR count). The average molecular weight is 338 g/mol. The van der Waals surface area contributed by atoms with Gasteiger partial charge in [-0.25, -0.2) is 0 Å². The van der Waals surface area contributed by atoms with Crippen molar-refractivity contribution in [1.82, 2.24) is 10.2 Å². The number of benzene rings is 2.